The number of para-hydroxylation sites is 1. The molecular formula is C13H11Cl2FN2O2S. The minimum Gasteiger partial charge on any atom is -0.326 e. The van der Waals surface area contributed by atoms with Crippen LogP contribution in [0, 0.1) is 5.82 Å². The fourth-order valence-corrected chi connectivity index (χ4v) is 3.26. The average molecular weight is 349 g/mol. The number of nitrogens with one attached hydrogen (secondary N) is 1. The Labute approximate surface area is 131 Å². The van der Waals surface area contributed by atoms with E-state index >= 15 is 0 Å². The molecule has 2 aromatic carbocycles. The molecule has 2 aromatic rings. The first kappa shape index (κ1) is 16.0. The summed E-state index contributed by atoms with van der Waals surface area (Å²) in [6, 6.07) is 7.93. The maximum Gasteiger partial charge on any atom is 0.262 e. The summed E-state index contributed by atoms with van der Waals surface area (Å²) in [5.74, 6) is -0.765. The van der Waals surface area contributed by atoms with Gasteiger partial charge in [-0.05, 0) is 35.9 Å². The van der Waals surface area contributed by atoms with Crippen LogP contribution in [0.15, 0.2) is 41.3 Å². The Morgan fingerprint density at radius 2 is 1.86 bits per heavy atom. The van der Waals surface area contributed by atoms with E-state index in [9.17, 15) is 12.8 Å². The SMILES string of the molecule is NCc1cc(S(=O)(=O)Nc2c(F)cccc2Cl)ccc1Cl. The van der Waals surface area contributed by atoms with Gasteiger partial charge < -0.3 is 5.73 Å². The summed E-state index contributed by atoms with van der Waals surface area (Å²) < 4.78 is 40.3. The van der Waals surface area contributed by atoms with Crippen LogP contribution in [0.5, 0.6) is 0 Å². The minimum absolute atomic E-state index is 0.0356. The van der Waals surface area contributed by atoms with E-state index < -0.39 is 15.8 Å². The molecule has 8 heteroatoms. The van der Waals surface area contributed by atoms with Crippen LogP contribution in [0.2, 0.25) is 10.0 Å². The van der Waals surface area contributed by atoms with Crippen LogP contribution in [0.3, 0.4) is 0 Å². The lowest BCUT2D eigenvalue weighted by atomic mass is 10.2. The molecule has 0 aliphatic heterocycles. The van der Waals surface area contributed by atoms with E-state index in [0.29, 0.717) is 10.6 Å². The molecule has 0 aliphatic rings. The molecule has 2 rings (SSSR count). The summed E-state index contributed by atoms with van der Waals surface area (Å²) in [4.78, 5) is -0.0772. The molecule has 0 spiro atoms. The Hall–Kier alpha value is -1.34. The van der Waals surface area contributed by atoms with E-state index in [1.807, 2.05) is 0 Å². The second-order valence-corrected chi connectivity index (χ2v) is 6.66. The van der Waals surface area contributed by atoms with E-state index in [1.54, 1.807) is 0 Å². The maximum atomic E-state index is 13.7. The third-order valence-electron chi connectivity index (χ3n) is 2.75. The molecule has 4 nitrogen and oxygen atoms in total. The molecular weight excluding hydrogens is 338 g/mol. The van der Waals surface area contributed by atoms with Crippen molar-refractivity contribution in [1.29, 1.82) is 0 Å². The van der Waals surface area contributed by atoms with Crippen LogP contribution >= 0.6 is 23.2 Å². The highest BCUT2D eigenvalue weighted by Crippen LogP contribution is 2.28. The number of benzene rings is 2. The van der Waals surface area contributed by atoms with Crippen molar-refractivity contribution >= 4 is 38.9 Å². The predicted octanol–water partition coefficient (Wildman–Crippen LogP) is 3.39. The molecule has 0 saturated heterocycles. The number of sulfonamides is 1. The standard InChI is InChI=1S/C13H11Cl2FN2O2S/c14-10-5-4-9(6-8(10)7-17)21(19,20)18-13-11(15)2-1-3-12(13)16/h1-6,18H,7,17H2. The van der Waals surface area contributed by atoms with Gasteiger partial charge in [0.05, 0.1) is 9.92 Å². The molecule has 0 aliphatic carbocycles. The summed E-state index contributed by atoms with van der Waals surface area (Å²) in [5.41, 5.74) is 5.65. The molecule has 21 heavy (non-hydrogen) atoms. The van der Waals surface area contributed by atoms with Crippen molar-refractivity contribution in [3.63, 3.8) is 0 Å². The number of rotatable bonds is 4. The molecule has 0 saturated carbocycles. The number of halogens is 3. The first-order valence-corrected chi connectivity index (χ1v) is 8.04. The monoisotopic (exact) mass is 348 g/mol. The van der Waals surface area contributed by atoms with Gasteiger partial charge in [-0.25, -0.2) is 12.8 Å². The van der Waals surface area contributed by atoms with Crippen LogP contribution in [0.4, 0.5) is 10.1 Å². The summed E-state index contributed by atoms with van der Waals surface area (Å²) in [6.07, 6.45) is 0. The van der Waals surface area contributed by atoms with Gasteiger partial charge in [0, 0.05) is 11.6 Å². The van der Waals surface area contributed by atoms with Gasteiger partial charge in [0.15, 0.2) is 0 Å². The predicted molar refractivity (Wildman–Crippen MR) is 81.6 cm³/mol. The molecule has 0 amide bonds. The van der Waals surface area contributed by atoms with Crippen molar-refractivity contribution in [3.05, 3.63) is 57.8 Å². The fourth-order valence-electron chi connectivity index (χ4n) is 1.66. The van der Waals surface area contributed by atoms with Gasteiger partial charge in [-0.15, -0.1) is 0 Å². The van der Waals surface area contributed by atoms with Crippen LogP contribution in [-0.2, 0) is 16.6 Å². The lowest BCUT2D eigenvalue weighted by molar-refractivity contribution is 0.598. The molecule has 0 aromatic heterocycles. The third-order valence-corrected chi connectivity index (χ3v) is 4.78. The maximum absolute atomic E-state index is 13.7. The molecule has 0 fully saturated rings. The van der Waals surface area contributed by atoms with Crippen molar-refractivity contribution in [2.24, 2.45) is 5.73 Å². The van der Waals surface area contributed by atoms with E-state index in [1.165, 1.54) is 30.3 Å². The zero-order valence-electron chi connectivity index (χ0n) is 10.6. The molecule has 0 bridgehead atoms. The minimum atomic E-state index is -4.00. The highest BCUT2D eigenvalue weighted by Gasteiger charge is 2.19. The van der Waals surface area contributed by atoms with Crippen LogP contribution < -0.4 is 10.5 Å². The van der Waals surface area contributed by atoms with E-state index in [0.717, 1.165) is 6.07 Å². The second kappa shape index (κ2) is 6.19. The summed E-state index contributed by atoms with van der Waals surface area (Å²) in [7, 11) is -4.00. The smallest absolute Gasteiger partial charge is 0.262 e. The van der Waals surface area contributed by atoms with Crippen molar-refractivity contribution in [3.8, 4) is 0 Å². The van der Waals surface area contributed by atoms with Gasteiger partial charge in [-0.1, -0.05) is 29.3 Å². The Bertz CT molecular complexity index is 761. The molecule has 0 heterocycles. The highest BCUT2D eigenvalue weighted by atomic mass is 35.5. The molecule has 112 valence electrons. The van der Waals surface area contributed by atoms with Crippen LogP contribution in [0.1, 0.15) is 5.56 Å². The molecule has 3 N–H and O–H groups in total. The molecule has 0 radical (unpaired) electrons. The van der Waals surface area contributed by atoms with E-state index in [-0.39, 0.29) is 22.2 Å². The normalized spacial score (nSPS) is 11.4. The Morgan fingerprint density at radius 3 is 2.48 bits per heavy atom. The molecule has 0 atom stereocenters. The lowest BCUT2D eigenvalue weighted by Gasteiger charge is -2.11. The van der Waals surface area contributed by atoms with E-state index in [4.69, 9.17) is 28.9 Å². The van der Waals surface area contributed by atoms with Crippen molar-refractivity contribution in [2.45, 2.75) is 11.4 Å². The Morgan fingerprint density at radius 1 is 1.14 bits per heavy atom. The largest absolute Gasteiger partial charge is 0.326 e. The van der Waals surface area contributed by atoms with Crippen molar-refractivity contribution in [1.82, 2.24) is 0 Å². The summed E-state index contributed by atoms with van der Waals surface area (Å²) >= 11 is 11.7. The Kier molecular flexibility index (Phi) is 4.73. The first-order chi connectivity index (χ1) is 9.85. The highest BCUT2D eigenvalue weighted by molar-refractivity contribution is 7.92. The van der Waals surface area contributed by atoms with Crippen molar-refractivity contribution in [2.75, 3.05) is 4.72 Å². The fraction of sp³-hybridized carbons (Fsp3) is 0.0769. The number of nitrogens with two attached hydrogens (primary N) is 1. The van der Waals surface area contributed by atoms with Gasteiger partial charge in [0.2, 0.25) is 0 Å². The van der Waals surface area contributed by atoms with Crippen LogP contribution in [0.25, 0.3) is 0 Å². The van der Waals surface area contributed by atoms with Gasteiger partial charge in [0.25, 0.3) is 10.0 Å². The van der Waals surface area contributed by atoms with Gasteiger partial charge in [-0.3, -0.25) is 4.72 Å². The van der Waals surface area contributed by atoms with Gasteiger partial charge in [0.1, 0.15) is 11.5 Å². The lowest BCUT2D eigenvalue weighted by Crippen LogP contribution is -2.15. The quantitative estimate of drug-likeness (QED) is 0.889. The zero-order chi connectivity index (χ0) is 15.6. The average Bonchev–Trinajstić information content (AvgIpc) is 2.43. The van der Waals surface area contributed by atoms with Crippen molar-refractivity contribution < 1.29 is 12.8 Å². The van der Waals surface area contributed by atoms with E-state index in [2.05, 4.69) is 4.72 Å². The first-order valence-electron chi connectivity index (χ1n) is 5.80. The topological polar surface area (TPSA) is 72.2 Å². The van der Waals surface area contributed by atoms with Crippen LogP contribution in [-0.4, -0.2) is 8.42 Å². The third kappa shape index (κ3) is 3.47. The summed E-state index contributed by atoms with van der Waals surface area (Å²) in [6.45, 7) is 0.0860. The number of anilines is 1. The van der Waals surface area contributed by atoms with Gasteiger partial charge in [-0.2, -0.15) is 0 Å². The Balaban J connectivity index is 2.44. The number of hydrogen-bond acceptors (Lipinski definition) is 3. The second-order valence-electron chi connectivity index (χ2n) is 4.16. The molecule has 0 unspecified atom stereocenters. The zero-order valence-corrected chi connectivity index (χ0v) is 12.9. The summed E-state index contributed by atoms with van der Waals surface area (Å²) in [5, 5.41) is 0.326. The number of hydrogen-bond donors (Lipinski definition) is 2. The van der Waals surface area contributed by atoms with Gasteiger partial charge >= 0.3 is 0 Å².